The highest BCUT2D eigenvalue weighted by Crippen LogP contribution is 2.21. The third-order valence-electron chi connectivity index (χ3n) is 3.76. The topological polar surface area (TPSA) is 89.4 Å². The summed E-state index contributed by atoms with van der Waals surface area (Å²) in [5.74, 6) is 0.225. The third-order valence-corrected chi connectivity index (χ3v) is 4.29. The lowest BCUT2D eigenvalue weighted by molar-refractivity contribution is 0.0220. The van der Waals surface area contributed by atoms with E-state index in [1.807, 2.05) is 26.8 Å². The molecule has 3 heterocycles. The molecule has 8 nitrogen and oxygen atoms in total. The number of nitrogens with zero attached hydrogens (tertiary/aromatic N) is 4. The van der Waals surface area contributed by atoms with Crippen LogP contribution in [0.1, 0.15) is 42.4 Å². The molecule has 1 aliphatic heterocycles. The molecule has 1 N–H and O–H groups in total. The van der Waals surface area contributed by atoms with Crippen LogP contribution in [-0.4, -0.2) is 41.8 Å². The number of nitrogens with one attached hydrogen (secondary N) is 1. The molecule has 0 aromatic carbocycles. The van der Waals surface area contributed by atoms with E-state index in [1.165, 1.54) is 6.20 Å². The second-order valence-electron chi connectivity index (χ2n) is 7.04. The Morgan fingerprint density at radius 1 is 1.31 bits per heavy atom. The first-order chi connectivity index (χ1) is 12.2. The fourth-order valence-electron chi connectivity index (χ4n) is 2.57. The van der Waals surface area contributed by atoms with Gasteiger partial charge in [-0.3, -0.25) is 12.6 Å². The van der Waals surface area contributed by atoms with E-state index in [1.54, 1.807) is 20.2 Å². The van der Waals surface area contributed by atoms with E-state index in [2.05, 4.69) is 38.1 Å². The van der Waals surface area contributed by atoms with Gasteiger partial charge in [0.2, 0.25) is 0 Å². The summed E-state index contributed by atoms with van der Waals surface area (Å²) < 4.78 is 7.13. The number of amides is 2. The number of carbonyl (C=O) groups excluding carboxylic acids is 2. The summed E-state index contributed by atoms with van der Waals surface area (Å²) in [6.45, 7) is 6.44. The Labute approximate surface area is 165 Å². The maximum absolute atomic E-state index is 12.4. The van der Waals surface area contributed by atoms with Crippen molar-refractivity contribution in [3.05, 3.63) is 41.6 Å². The number of halogens is 1. The van der Waals surface area contributed by atoms with Crippen molar-refractivity contribution in [2.45, 2.75) is 39.3 Å². The van der Waals surface area contributed by atoms with E-state index >= 15 is 0 Å². The van der Waals surface area contributed by atoms with Gasteiger partial charge >= 0.3 is 6.09 Å². The zero-order chi connectivity index (χ0) is 18.9. The van der Waals surface area contributed by atoms with Gasteiger partial charge in [0.1, 0.15) is 11.9 Å². The number of rotatable bonds is 2. The molecule has 2 amide bonds. The molecule has 2 aromatic rings. The molecule has 9 heteroatoms. The first-order valence-electron chi connectivity index (χ1n) is 8.18. The molecule has 0 bridgehead atoms. The Bertz CT molecular complexity index is 843. The number of imidazole rings is 1. The Hall–Kier alpha value is -2.17. The van der Waals surface area contributed by atoms with Crippen LogP contribution >= 0.6 is 22.9 Å². The summed E-state index contributed by atoms with van der Waals surface area (Å²) in [5.41, 5.74) is 1.70. The Morgan fingerprint density at radius 3 is 2.73 bits per heavy atom. The highest BCUT2D eigenvalue weighted by atomic mass is 127. The van der Waals surface area contributed by atoms with Gasteiger partial charge in [-0.1, -0.05) is 0 Å². The number of ether oxygens (including phenoxy) is 1. The van der Waals surface area contributed by atoms with E-state index in [-0.39, 0.29) is 12.0 Å². The molecule has 0 saturated heterocycles. The molecule has 138 valence electrons. The van der Waals surface area contributed by atoms with Gasteiger partial charge in [-0.05, 0) is 38.8 Å². The van der Waals surface area contributed by atoms with E-state index in [9.17, 15) is 9.59 Å². The van der Waals surface area contributed by atoms with Gasteiger partial charge in [0.15, 0.2) is 5.82 Å². The van der Waals surface area contributed by atoms with Gasteiger partial charge in [-0.2, -0.15) is 0 Å². The summed E-state index contributed by atoms with van der Waals surface area (Å²) in [4.78, 5) is 34.6. The average Bonchev–Trinajstić information content (AvgIpc) is 2.97. The smallest absolute Gasteiger partial charge is 0.410 e. The lowest BCUT2D eigenvalue weighted by atomic mass is 10.0. The molecule has 0 spiro atoms. The van der Waals surface area contributed by atoms with Crippen LogP contribution in [0.3, 0.4) is 0 Å². The van der Waals surface area contributed by atoms with Gasteiger partial charge < -0.3 is 15.0 Å². The van der Waals surface area contributed by atoms with Crippen LogP contribution in [0.15, 0.2) is 24.8 Å². The number of anilines is 1. The lowest BCUT2D eigenvalue weighted by Gasteiger charge is -2.30. The average molecular weight is 469 g/mol. The van der Waals surface area contributed by atoms with Crippen molar-refractivity contribution < 1.29 is 14.3 Å². The van der Waals surface area contributed by atoms with Crippen molar-refractivity contribution in [1.82, 2.24) is 17.6 Å². The van der Waals surface area contributed by atoms with Crippen molar-refractivity contribution >= 4 is 40.7 Å². The summed E-state index contributed by atoms with van der Waals surface area (Å²) in [6.07, 6.45) is 5.12. The Balaban J connectivity index is 1.68. The van der Waals surface area contributed by atoms with Gasteiger partial charge in [-0.15, -0.1) is 0 Å². The molecule has 3 rings (SSSR count). The van der Waals surface area contributed by atoms with Crippen LogP contribution in [0.25, 0.3) is 0 Å². The summed E-state index contributed by atoms with van der Waals surface area (Å²) in [7, 11) is 0. The number of hydrogen-bond donors (Lipinski definition) is 1. The molecular formula is C17H20IN5O3. The number of pyridine rings is 1. The minimum absolute atomic E-state index is 0.259. The molecular weight excluding hydrogens is 449 g/mol. The van der Waals surface area contributed by atoms with Crippen LogP contribution in [0.5, 0.6) is 0 Å². The molecule has 0 unspecified atom stereocenters. The normalized spacial score (nSPS) is 13.9. The monoisotopic (exact) mass is 469 g/mol. The van der Waals surface area contributed by atoms with Crippen molar-refractivity contribution in [3.8, 4) is 0 Å². The summed E-state index contributed by atoms with van der Waals surface area (Å²) in [5, 5.41) is 2.74. The number of fused-ring (bicyclic) bond motifs is 1. The van der Waals surface area contributed by atoms with Crippen molar-refractivity contribution in [2.24, 2.45) is 0 Å². The maximum atomic E-state index is 12.4. The minimum atomic E-state index is -0.530. The second kappa shape index (κ2) is 7.22. The van der Waals surface area contributed by atoms with Crippen molar-refractivity contribution in [1.29, 1.82) is 0 Å². The quantitative estimate of drug-likeness (QED) is 0.684. The lowest BCUT2D eigenvalue weighted by Crippen LogP contribution is -2.40. The molecule has 0 saturated carbocycles. The molecule has 26 heavy (non-hydrogen) atoms. The van der Waals surface area contributed by atoms with Crippen LogP contribution in [0, 0.1) is 0 Å². The summed E-state index contributed by atoms with van der Waals surface area (Å²) >= 11 is 2.05. The fraction of sp³-hybridized carbons (Fsp3) is 0.412. The second-order valence-corrected chi connectivity index (χ2v) is 8.15. The van der Waals surface area contributed by atoms with Crippen LogP contribution in [0.4, 0.5) is 10.6 Å². The maximum Gasteiger partial charge on any atom is 0.410 e. The third kappa shape index (κ3) is 4.51. The number of carbonyl (C=O) groups is 2. The predicted octanol–water partition coefficient (Wildman–Crippen LogP) is 3.02. The van der Waals surface area contributed by atoms with E-state index in [4.69, 9.17) is 4.74 Å². The fourth-order valence-corrected chi connectivity index (χ4v) is 2.96. The predicted molar refractivity (Wildman–Crippen MR) is 104 cm³/mol. The van der Waals surface area contributed by atoms with Crippen molar-refractivity contribution in [2.75, 3.05) is 11.9 Å². The van der Waals surface area contributed by atoms with Gasteiger partial charge in [0.25, 0.3) is 5.91 Å². The van der Waals surface area contributed by atoms with E-state index < -0.39 is 5.60 Å². The molecule has 1 aliphatic rings. The SMILES string of the molecule is CC(C)(C)OC(=O)N1CCc2cc(C(=O)Nc3cn(I)cn3)cnc2C1. The Kier molecular flexibility index (Phi) is 5.17. The highest BCUT2D eigenvalue weighted by Gasteiger charge is 2.26. The number of hydrogen-bond acceptors (Lipinski definition) is 5. The van der Waals surface area contributed by atoms with Crippen molar-refractivity contribution in [3.63, 3.8) is 0 Å². The van der Waals surface area contributed by atoms with Crippen LogP contribution in [0.2, 0.25) is 0 Å². The van der Waals surface area contributed by atoms with Gasteiger partial charge in [-0.25, -0.2) is 9.78 Å². The molecule has 0 radical (unpaired) electrons. The van der Waals surface area contributed by atoms with Crippen LogP contribution < -0.4 is 5.32 Å². The first kappa shape index (κ1) is 18.6. The van der Waals surface area contributed by atoms with Gasteiger partial charge in [0.05, 0.1) is 46.9 Å². The van der Waals surface area contributed by atoms with Gasteiger partial charge in [0, 0.05) is 12.7 Å². The standard InChI is InChI=1S/C17H20IN5O3/c1-17(2,3)26-16(25)22-5-4-11-6-12(7-19-13(11)8-22)15(24)21-14-9-23(18)10-20-14/h6-7,9-10H,4-5,8H2,1-3H3,(H,21,24). The molecule has 0 aliphatic carbocycles. The Morgan fingerprint density at radius 2 is 2.08 bits per heavy atom. The van der Waals surface area contributed by atoms with E-state index in [0.29, 0.717) is 30.9 Å². The molecule has 2 aromatic heterocycles. The highest BCUT2D eigenvalue weighted by molar-refractivity contribution is 14.1. The zero-order valence-electron chi connectivity index (χ0n) is 14.8. The van der Waals surface area contributed by atoms with E-state index in [0.717, 1.165) is 11.3 Å². The summed E-state index contributed by atoms with van der Waals surface area (Å²) in [6, 6.07) is 1.82. The van der Waals surface area contributed by atoms with Crippen LogP contribution in [-0.2, 0) is 17.7 Å². The molecule has 0 fully saturated rings. The first-order valence-corrected chi connectivity index (χ1v) is 9.15. The molecule has 0 atom stereocenters. The minimum Gasteiger partial charge on any atom is -0.444 e. The largest absolute Gasteiger partial charge is 0.444 e. The zero-order valence-corrected chi connectivity index (χ0v) is 17.0. The number of aromatic nitrogens is 3.